The van der Waals surface area contributed by atoms with E-state index in [2.05, 4.69) is 38.8 Å². The lowest BCUT2D eigenvalue weighted by Crippen LogP contribution is -2.46. The molecule has 0 aliphatic carbocycles. The van der Waals surface area contributed by atoms with E-state index in [-0.39, 0.29) is 0 Å². The van der Waals surface area contributed by atoms with Crippen molar-refractivity contribution in [1.82, 2.24) is 19.9 Å². The van der Waals surface area contributed by atoms with Gasteiger partial charge in [-0.3, -0.25) is 4.98 Å². The lowest BCUT2D eigenvalue weighted by atomic mass is 10.0. The molecule has 6 heteroatoms. The van der Waals surface area contributed by atoms with Crippen LogP contribution in [-0.4, -0.2) is 52.1 Å². The van der Waals surface area contributed by atoms with Gasteiger partial charge in [0.1, 0.15) is 0 Å². The summed E-state index contributed by atoms with van der Waals surface area (Å²) in [4.78, 5) is 19.0. The Kier molecular flexibility index (Phi) is 4.99. The molecule has 28 heavy (non-hydrogen) atoms. The van der Waals surface area contributed by atoms with Gasteiger partial charge in [-0.1, -0.05) is 17.8 Å². The van der Waals surface area contributed by atoms with Gasteiger partial charge in [0, 0.05) is 48.8 Å². The predicted molar refractivity (Wildman–Crippen MR) is 116 cm³/mol. The van der Waals surface area contributed by atoms with Gasteiger partial charge in [-0.2, -0.15) is 4.98 Å². The van der Waals surface area contributed by atoms with Crippen LogP contribution in [0.2, 0.25) is 0 Å². The number of pyridine rings is 2. The summed E-state index contributed by atoms with van der Waals surface area (Å²) in [6.45, 7) is 6.88. The van der Waals surface area contributed by atoms with Gasteiger partial charge in [0.2, 0.25) is 0 Å². The molecule has 0 aromatic carbocycles. The van der Waals surface area contributed by atoms with Gasteiger partial charge in [0.05, 0.1) is 4.70 Å². The lowest BCUT2D eigenvalue weighted by Gasteiger charge is -2.40. The summed E-state index contributed by atoms with van der Waals surface area (Å²) in [6, 6.07) is 5.13. The highest BCUT2D eigenvalue weighted by molar-refractivity contribution is 7.22. The van der Waals surface area contributed by atoms with Crippen molar-refractivity contribution in [2.24, 2.45) is 0 Å². The van der Waals surface area contributed by atoms with Crippen LogP contribution in [0.4, 0.5) is 5.13 Å². The van der Waals surface area contributed by atoms with E-state index < -0.39 is 0 Å². The van der Waals surface area contributed by atoms with Gasteiger partial charge in [-0.15, -0.1) is 0 Å². The van der Waals surface area contributed by atoms with Gasteiger partial charge in [-0.25, -0.2) is 4.98 Å². The summed E-state index contributed by atoms with van der Waals surface area (Å²) in [6.07, 6.45) is 12.4. The van der Waals surface area contributed by atoms with Crippen LogP contribution in [0.5, 0.6) is 0 Å². The number of rotatable bonds is 3. The standard InChI is InChI=1S/C22H27N5S/c1-16-11-17(14-23-13-16)18-12-20-21(24-15-18)25-22(28-20)27-9-5-19(6-10-27)26-7-3-2-4-8-26/h11-15,19H,2-10H2,1H3. The molecule has 0 bridgehead atoms. The van der Waals surface area contributed by atoms with Crippen molar-refractivity contribution >= 4 is 26.8 Å². The number of thiazole rings is 1. The summed E-state index contributed by atoms with van der Waals surface area (Å²) in [5, 5.41) is 1.12. The Balaban J connectivity index is 1.31. The maximum absolute atomic E-state index is 4.83. The van der Waals surface area contributed by atoms with E-state index in [4.69, 9.17) is 4.98 Å². The summed E-state index contributed by atoms with van der Waals surface area (Å²) in [7, 11) is 0. The van der Waals surface area contributed by atoms with E-state index in [1.165, 1.54) is 50.8 Å². The molecule has 2 aliphatic heterocycles. The van der Waals surface area contributed by atoms with Crippen LogP contribution in [0.3, 0.4) is 0 Å². The van der Waals surface area contributed by atoms with Crippen molar-refractivity contribution in [2.45, 2.75) is 45.1 Å². The summed E-state index contributed by atoms with van der Waals surface area (Å²) >= 11 is 1.77. The number of nitrogens with zero attached hydrogens (tertiary/aromatic N) is 5. The van der Waals surface area contributed by atoms with Crippen LogP contribution in [0.1, 0.15) is 37.7 Å². The number of hydrogen-bond donors (Lipinski definition) is 0. The zero-order chi connectivity index (χ0) is 18.9. The second-order valence-corrected chi connectivity index (χ2v) is 9.12. The number of anilines is 1. The van der Waals surface area contributed by atoms with Crippen molar-refractivity contribution in [1.29, 1.82) is 0 Å². The Bertz CT molecular complexity index is 954. The molecular formula is C22H27N5S. The quantitative estimate of drug-likeness (QED) is 0.655. The molecule has 146 valence electrons. The van der Waals surface area contributed by atoms with Crippen molar-refractivity contribution in [3.8, 4) is 11.1 Å². The third kappa shape index (κ3) is 3.63. The number of likely N-dealkylation sites (tertiary alicyclic amines) is 1. The number of aromatic nitrogens is 3. The maximum atomic E-state index is 4.83. The van der Waals surface area contributed by atoms with E-state index in [0.29, 0.717) is 0 Å². The molecule has 5 nitrogen and oxygen atoms in total. The van der Waals surface area contributed by atoms with Crippen molar-refractivity contribution in [2.75, 3.05) is 31.1 Å². The molecule has 0 saturated carbocycles. The maximum Gasteiger partial charge on any atom is 0.188 e. The molecular weight excluding hydrogens is 366 g/mol. The van der Waals surface area contributed by atoms with Crippen LogP contribution in [0, 0.1) is 6.92 Å². The zero-order valence-corrected chi connectivity index (χ0v) is 17.3. The van der Waals surface area contributed by atoms with Gasteiger partial charge < -0.3 is 9.80 Å². The highest BCUT2D eigenvalue weighted by Crippen LogP contribution is 2.33. The fraction of sp³-hybridized carbons (Fsp3) is 0.500. The highest BCUT2D eigenvalue weighted by atomic mass is 32.1. The Morgan fingerprint density at radius 3 is 2.50 bits per heavy atom. The number of piperidine rings is 2. The van der Waals surface area contributed by atoms with E-state index in [1.807, 2.05) is 18.6 Å². The summed E-state index contributed by atoms with van der Waals surface area (Å²) in [5.74, 6) is 0. The van der Waals surface area contributed by atoms with Gasteiger partial charge in [0.15, 0.2) is 10.8 Å². The first-order valence-electron chi connectivity index (χ1n) is 10.4. The Labute approximate surface area is 170 Å². The molecule has 0 spiro atoms. The number of hydrogen-bond acceptors (Lipinski definition) is 6. The van der Waals surface area contributed by atoms with E-state index >= 15 is 0 Å². The van der Waals surface area contributed by atoms with E-state index in [9.17, 15) is 0 Å². The van der Waals surface area contributed by atoms with Crippen LogP contribution in [-0.2, 0) is 0 Å². The molecule has 2 saturated heterocycles. The predicted octanol–water partition coefficient (Wildman–Crippen LogP) is 4.52. The molecule has 5 heterocycles. The normalized spacial score (nSPS) is 19.4. The molecule has 0 atom stereocenters. The highest BCUT2D eigenvalue weighted by Gasteiger charge is 2.26. The van der Waals surface area contributed by atoms with Crippen molar-refractivity contribution in [3.63, 3.8) is 0 Å². The molecule has 0 radical (unpaired) electrons. The minimum absolute atomic E-state index is 0.768. The first-order valence-corrected chi connectivity index (χ1v) is 11.3. The third-order valence-electron chi connectivity index (χ3n) is 6.09. The second-order valence-electron chi connectivity index (χ2n) is 8.11. The van der Waals surface area contributed by atoms with Gasteiger partial charge in [0.25, 0.3) is 0 Å². The fourth-order valence-corrected chi connectivity index (χ4v) is 5.54. The first-order chi connectivity index (χ1) is 13.8. The number of fused-ring (bicyclic) bond motifs is 1. The molecule has 5 rings (SSSR count). The monoisotopic (exact) mass is 393 g/mol. The zero-order valence-electron chi connectivity index (χ0n) is 16.5. The molecule has 3 aromatic heterocycles. The lowest BCUT2D eigenvalue weighted by molar-refractivity contribution is 0.141. The van der Waals surface area contributed by atoms with Gasteiger partial charge in [-0.05, 0) is 63.4 Å². The SMILES string of the molecule is Cc1cncc(-c2cnc3nc(N4CCC(N5CCCCC5)CC4)sc3c2)c1. The van der Waals surface area contributed by atoms with Crippen molar-refractivity contribution in [3.05, 3.63) is 36.3 Å². The Morgan fingerprint density at radius 2 is 1.71 bits per heavy atom. The number of aryl methyl sites for hydroxylation is 1. The van der Waals surface area contributed by atoms with Crippen LogP contribution < -0.4 is 4.90 Å². The summed E-state index contributed by atoms with van der Waals surface area (Å²) < 4.78 is 1.16. The minimum Gasteiger partial charge on any atom is -0.348 e. The minimum atomic E-state index is 0.768. The van der Waals surface area contributed by atoms with Crippen molar-refractivity contribution < 1.29 is 0 Å². The van der Waals surface area contributed by atoms with Crippen LogP contribution in [0.15, 0.2) is 30.7 Å². The average Bonchev–Trinajstić information content (AvgIpc) is 3.18. The molecule has 0 amide bonds. The second kappa shape index (κ2) is 7.76. The summed E-state index contributed by atoms with van der Waals surface area (Å²) in [5.41, 5.74) is 4.26. The molecule has 2 fully saturated rings. The molecule has 3 aromatic rings. The third-order valence-corrected chi connectivity index (χ3v) is 7.14. The fourth-order valence-electron chi connectivity index (χ4n) is 4.52. The van der Waals surface area contributed by atoms with E-state index in [0.717, 1.165) is 45.7 Å². The van der Waals surface area contributed by atoms with Crippen LogP contribution >= 0.6 is 11.3 Å². The Hall–Kier alpha value is -2.05. The molecule has 0 N–H and O–H groups in total. The van der Waals surface area contributed by atoms with Crippen LogP contribution in [0.25, 0.3) is 21.5 Å². The van der Waals surface area contributed by atoms with Gasteiger partial charge >= 0.3 is 0 Å². The molecule has 2 aliphatic rings. The smallest absolute Gasteiger partial charge is 0.188 e. The topological polar surface area (TPSA) is 45.2 Å². The largest absolute Gasteiger partial charge is 0.348 e. The average molecular weight is 394 g/mol. The molecule has 0 unspecified atom stereocenters. The van der Waals surface area contributed by atoms with E-state index in [1.54, 1.807) is 11.3 Å². The Morgan fingerprint density at radius 1 is 0.929 bits per heavy atom. The first kappa shape index (κ1) is 18.0.